The molecule has 1 aliphatic rings. The molecule has 0 spiro atoms. The van der Waals surface area contributed by atoms with Crippen molar-refractivity contribution in [1.29, 1.82) is 0 Å². The van der Waals surface area contributed by atoms with E-state index in [1.165, 1.54) is 13.8 Å². The standard InChI is InChI=1S/C19H26O6/c1-5-19(6-2)17(22-12-15-10-8-7-9-11-15)16(23-13(3)20)18(25-19)24-14(4)21/h7-11,16-18H,5-6,12H2,1-4H3/t16-,17?,18?/m0/s1. The molecule has 25 heavy (non-hydrogen) atoms. The van der Waals surface area contributed by atoms with E-state index in [0.717, 1.165) is 5.56 Å². The van der Waals surface area contributed by atoms with E-state index < -0.39 is 36.0 Å². The Labute approximate surface area is 148 Å². The number of ether oxygens (including phenoxy) is 4. The van der Waals surface area contributed by atoms with Crippen LogP contribution in [0.3, 0.4) is 0 Å². The average molecular weight is 350 g/mol. The molecule has 2 rings (SSSR count). The van der Waals surface area contributed by atoms with Crippen LogP contribution < -0.4 is 0 Å². The van der Waals surface area contributed by atoms with Crippen LogP contribution in [-0.4, -0.2) is 36.0 Å². The third-order valence-corrected chi connectivity index (χ3v) is 4.49. The second-order valence-corrected chi connectivity index (χ2v) is 6.16. The number of hydrogen-bond acceptors (Lipinski definition) is 6. The Morgan fingerprint density at radius 2 is 1.64 bits per heavy atom. The van der Waals surface area contributed by atoms with Gasteiger partial charge in [0.2, 0.25) is 6.29 Å². The van der Waals surface area contributed by atoms with Crippen LogP contribution in [0.2, 0.25) is 0 Å². The molecular formula is C19H26O6. The quantitative estimate of drug-likeness (QED) is 0.704. The van der Waals surface area contributed by atoms with E-state index in [1.807, 2.05) is 44.2 Å². The Morgan fingerprint density at radius 1 is 1.04 bits per heavy atom. The third-order valence-electron chi connectivity index (χ3n) is 4.49. The van der Waals surface area contributed by atoms with E-state index in [1.54, 1.807) is 0 Å². The summed E-state index contributed by atoms with van der Waals surface area (Å²) in [5.41, 5.74) is 0.316. The van der Waals surface area contributed by atoms with Crippen LogP contribution in [0.1, 0.15) is 46.1 Å². The van der Waals surface area contributed by atoms with Crippen molar-refractivity contribution in [3.05, 3.63) is 35.9 Å². The second kappa shape index (κ2) is 8.45. The molecule has 0 N–H and O–H groups in total. The van der Waals surface area contributed by atoms with Crippen LogP contribution in [0, 0.1) is 0 Å². The molecule has 1 fully saturated rings. The molecule has 3 atom stereocenters. The molecule has 1 aliphatic heterocycles. The summed E-state index contributed by atoms with van der Waals surface area (Å²) in [4.78, 5) is 23.0. The fraction of sp³-hybridized carbons (Fsp3) is 0.579. The van der Waals surface area contributed by atoms with Gasteiger partial charge in [0.15, 0.2) is 6.10 Å². The van der Waals surface area contributed by atoms with Crippen molar-refractivity contribution in [3.63, 3.8) is 0 Å². The van der Waals surface area contributed by atoms with Gasteiger partial charge in [0.25, 0.3) is 0 Å². The van der Waals surface area contributed by atoms with E-state index >= 15 is 0 Å². The number of carbonyl (C=O) groups excluding carboxylic acids is 2. The van der Waals surface area contributed by atoms with Crippen molar-refractivity contribution >= 4 is 11.9 Å². The smallest absolute Gasteiger partial charge is 0.305 e. The summed E-state index contributed by atoms with van der Waals surface area (Å²) in [5.74, 6) is -0.964. The lowest BCUT2D eigenvalue weighted by molar-refractivity contribution is -0.205. The van der Waals surface area contributed by atoms with E-state index in [2.05, 4.69) is 0 Å². The molecular weight excluding hydrogens is 324 g/mol. The van der Waals surface area contributed by atoms with Crippen LogP contribution in [0.5, 0.6) is 0 Å². The molecule has 1 heterocycles. The van der Waals surface area contributed by atoms with Gasteiger partial charge < -0.3 is 18.9 Å². The van der Waals surface area contributed by atoms with Crippen LogP contribution >= 0.6 is 0 Å². The van der Waals surface area contributed by atoms with Crippen LogP contribution in [0.4, 0.5) is 0 Å². The zero-order valence-corrected chi connectivity index (χ0v) is 15.2. The summed E-state index contributed by atoms with van der Waals surface area (Å²) >= 11 is 0. The normalized spacial score (nSPS) is 24.7. The second-order valence-electron chi connectivity index (χ2n) is 6.16. The summed E-state index contributed by atoms with van der Waals surface area (Å²) in [6, 6.07) is 9.71. The Balaban J connectivity index is 2.26. The first kappa shape index (κ1) is 19.4. The van der Waals surface area contributed by atoms with Crippen molar-refractivity contribution in [2.75, 3.05) is 0 Å². The maximum Gasteiger partial charge on any atom is 0.305 e. The Hall–Kier alpha value is -1.92. The summed E-state index contributed by atoms with van der Waals surface area (Å²) in [7, 11) is 0. The lowest BCUT2D eigenvalue weighted by atomic mass is 9.89. The van der Waals surface area contributed by atoms with E-state index in [-0.39, 0.29) is 0 Å². The Morgan fingerprint density at radius 3 is 2.16 bits per heavy atom. The van der Waals surface area contributed by atoms with Gasteiger partial charge in [-0.3, -0.25) is 9.59 Å². The summed E-state index contributed by atoms with van der Waals surface area (Å²) in [5, 5.41) is 0. The number of rotatable bonds is 7. The molecule has 6 nitrogen and oxygen atoms in total. The number of hydrogen-bond donors (Lipinski definition) is 0. The minimum absolute atomic E-state index is 0.348. The van der Waals surface area contributed by atoms with Gasteiger partial charge in [-0.1, -0.05) is 44.2 Å². The van der Waals surface area contributed by atoms with Crippen molar-refractivity contribution in [2.24, 2.45) is 0 Å². The number of carbonyl (C=O) groups is 2. The molecule has 0 aliphatic carbocycles. The number of benzene rings is 1. The fourth-order valence-electron chi connectivity index (χ4n) is 3.20. The van der Waals surface area contributed by atoms with E-state index in [0.29, 0.717) is 19.4 Å². The predicted octanol–water partition coefficient (Wildman–Crippen LogP) is 2.98. The monoisotopic (exact) mass is 350 g/mol. The van der Waals surface area contributed by atoms with Gasteiger partial charge in [0.1, 0.15) is 11.7 Å². The molecule has 0 amide bonds. The average Bonchev–Trinajstić information content (AvgIpc) is 2.86. The Kier molecular flexibility index (Phi) is 6.56. The molecule has 0 aromatic heterocycles. The lowest BCUT2D eigenvalue weighted by Gasteiger charge is -2.32. The van der Waals surface area contributed by atoms with E-state index in [4.69, 9.17) is 18.9 Å². The third kappa shape index (κ3) is 4.58. The van der Waals surface area contributed by atoms with Gasteiger partial charge in [0.05, 0.1) is 6.61 Å². The largest absolute Gasteiger partial charge is 0.453 e. The summed E-state index contributed by atoms with van der Waals surface area (Å²) < 4.78 is 22.8. The van der Waals surface area contributed by atoms with Crippen LogP contribution in [0.25, 0.3) is 0 Å². The minimum atomic E-state index is -0.970. The highest BCUT2D eigenvalue weighted by molar-refractivity contribution is 5.67. The minimum Gasteiger partial charge on any atom is -0.453 e. The zero-order valence-electron chi connectivity index (χ0n) is 15.2. The molecule has 1 aromatic carbocycles. The van der Waals surface area contributed by atoms with Crippen LogP contribution in [0.15, 0.2) is 30.3 Å². The molecule has 1 saturated heterocycles. The van der Waals surface area contributed by atoms with Gasteiger partial charge in [-0.15, -0.1) is 0 Å². The molecule has 0 radical (unpaired) electrons. The van der Waals surface area contributed by atoms with Gasteiger partial charge in [-0.25, -0.2) is 0 Å². The zero-order chi connectivity index (χ0) is 18.4. The van der Waals surface area contributed by atoms with Gasteiger partial charge in [0, 0.05) is 13.8 Å². The van der Waals surface area contributed by atoms with Crippen molar-refractivity contribution in [2.45, 2.75) is 71.2 Å². The summed E-state index contributed by atoms with van der Waals surface area (Å²) in [6.45, 7) is 6.91. The Bertz CT molecular complexity index is 581. The van der Waals surface area contributed by atoms with Crippen molar-refractivity contribution in [1.82, 2.24) is 0 Å². The van der Waals surface area contributed by atoms with Crippen molar-refractivity contribution < 1.29 is 28.5 Å². The summed E-state index contributed by atoms with van der Waals surface area (Å²) in [6.07, 6.45) is -1.03. The molecule has 2 unspecified atom stereocenters. The highest BCUT2D eigenvalue weighted by atomic mass is 16.7. The molecule has 1 aromatic rings. The van der Waals surface area contributed by atoms with Crippen LogP contribution in [-0.2, 0) is 35.1 Å². The highest BCUT2D eigenvalue weighted by Gasteiger charge is 2.57. The predicted molar refractivity (Wildman–Crippen MR) is 90.5 cm³/mol. The molecule has 0 saturated carbocycles. The SMILES string of the molecule is CCC1(CC)OC(OC(C)=O)[C@@H](OC(C)=O)C1OCc1ccccc1. The van der Waals surface area contributed by atoms with Gasteiger partial charge in [-0.05, 0) is 18.4 Å². The molecule has 138 valence electrons. The molecule has 6 heteroatoms. The first-order valence-corrected chi connectivity index (χ1v) is 8.59. The maximum absolute atomic E-state index is 11.6. The first-order valence-electron chi connectivity index (χ1n) is 8.59. The van der Waals surface area contributed by atoms with Crippen molar-refractivity contribution in [3.8, 4) is 0 Å². The maximum atomic E-state index is 11.6. The number of esters is 2. The fourth-order valence-corrected chi connectivity index (χ4v) is 3.20. The topological polar surface area (TPSA) is 71.1 Å². The highest BCUT2D eigenvalue weighted by Crippen LogP contribution is 2.41. The van der Waals surface area contributed by atoms with Gasteiger partial charge in [-0.2, -0.15) is 0 Å². The molecule has 0 bridgehead atoms. The lowest BCUT2D eigenvalue weighted by Crippen LogP contribution is -2.45. The van der Waals surface area contributed by atoms with Gasteiger partial charge >= 0.3 is 11.9 Å². The van der Waals surface area contributed by atoms with E-state index in [9.17, 15) is 9.59 Å². The first-order chi connectivity index (χ1) is 11.9.